The Bertz CT molecular complexity index is 485. The van der Waals surface area contributed by atoms with E-state index in [1.165, 1.54) is 5.56 Å². The molecule has 0 fully saturated rings. The third-order valence-electron chi connectivity index (χ3n) is 3.25. The van der Waals surface area contributed by atoms with E-state index in [1.54, 1.807) is 0 Å². The number of nitrogens with one attached hydrogen (secondary N) is 1. The summed E-state index contributed by atoms with van der Waals surface area (Å²) in [5, 5.41) is 11.6. The number of rotatable bonds is 1. The largest absolute Gasteiger partial charge is 0.325 e. The Labute approximate surface area is 95.1 Å². The Morgan fingerprint density at radius 1 is 1.50 bits per heavy atom. The van der Waals surface area contributed by atoms with E-state index in [0.29, 0.717) is 6.42 Å². The first-order valence-electron chi connectivity index (χ1n) is 5.40. The second-order valence-corrected chi connectivity index (χ2v) is 4.29. The Hall–Kier alpha value is -1.82. The molecular formula is C13H14N2O. The first kappa shape index (κ1) is 10.7. The van der Waals surface area contributed by atoms with Gasteiger partial charge in [0.15, 0.2) is 0 Å². The summed E-state index contributed by atoms with van der Waals surface area (Å²) in [4.78, 5) is 11.7. The molecule has 3 heteroatoms. The molecule has 1 atom stereocenters. The van der Waals surface area contributed by atoms with Crippen molar-refractivity contribution >= 4 is 11.6 Å². The van der Waals surface area contributed by atoms with Crippen LogP contribution in [-0.4, -0.2) is 5.91 Å². The van der Waals surface area contributed by atoms with Gasteiger partial charge in [-0.3, -0.25) is 4.79 Å². The smallest absolute Gasteiger partial charge is 0.228 e. The maximum absolute atomic E-state index is 11.7. The second-order valence-electron chi connectivity index (χ2n) is 4.29. The van der Waals surface area contributed by atoms with Gasteiger partial charge in [0.05, 0.1) is 12.0 Å². The fourth-order valence-corrected chi connectivity index (χ4v) is 2.07. The molecule has 0 radical (unpaired) electrons. The van der Waals surface area contributed by atoms with Crippen molar-refractivity contribution in [3.8, 4) is 6.07 Å². The predicted molar refractivity (Wildman–Crippen MR) is 62.0 cm³/mol. The number of aryl methyl sites for hydroxylation is 1. The van der Waals surface area contributed by atoms with E-state index in [1.807, 2.05) is 19.9 Å². The van der Waals surface area contributed by atoms with Crippen LogP contribution in [0.25, 0.3) is 0 Å². The third kappa shape index (κ3) is 1.67. The summed E-state index contributed by atoms with van der Waals surface area (Å²) in [6.45, 7) is 4.04. The number of anilines is 1. The lowest BCUT2D eigenvalue weighted by Gasteiger charge is -2.25. The Kier molecular flexibility index (Phi) is 2.66. The first-order valence-corrected chi connectivity index (χ1v) is 5.40. The molecule has 16 heavy (non-hydrogen) atoms. The van der Waals surface area contributed by atoms with Crippen molar-refractivity contribution in [3.63, 3.8) is 0 Å². The maximum atomic E-state index is 11.7. The van der Waals surface area contributed by atoms with E-state index >= 15 is 0 Å². The molecule has 1 aliphatic rings. The molecule has 1 unspecified atom stereocenters. The second kappa shape index (κ2) is 3.97. The van der Waals surface area contributed by atoms with Gasteiger partial charge in [0.1, 0.15) is 0 Å². The summed E-state index contributed by atoms with van der Waals surface area (Å²) >= 11 is 0. The highest BCUT2D eigenvalue weighted by atomic mass is 16.1. The lowest BCUT2D eigenvalue weighted by atomic mass is 9.88. The molecule has 0 spiro atoms. The Morgan fingerprint density at radius 2 is 2.25 bits per heavy atom. The summed E-state index contributed by atoms with van der Waals surface area (Å²) < 4.78 is 0. The molecule has 3 nitrogen and oxygen atoms in total. The molecule has 2 rings (SSSR count). The van der Waals surface area contributed by atoms with Crippen molar-refractivity contribution < 1.29 is 4.79 Å². The SMILES string of the molecule is Cc1ccc2c(c1C)NC(=O)C(CC#N)C2. The van der Waals surface area contributed by atoms with Crippen molar-refractivity contribution in [1.29, 1.82) is 5.26 Å². The zero-order valence-electron chi connectivity index (χ0n) is 9.50. The van der Waals surface area contributed by atoms with E-state index in [0.717, 1.165) is 16.8 Å². The quantitative estimate of drug-likeness (QED) is 0.780. The van der Waals surface area contributed by atoms with Crippen molar-refractivity contribution in [1.82, 2.24) is 0 Å². The summed E-state index contributed by atoms with van der Waals surface area (Å²) in [5.41, 5.74) is 4.39. The van der Waals surface area contributed by atoms with Crippen LogP contribution in [0.3, 0.4) is 0 Å². The standard InChI is InChI=1S/C13H14N2O/c1-8-3-4-10-7-11(5-6-14)13(16)15-12(10)9(8)2/h3-4,11H,5,7H2,1-2H3,(H,15,16). The van der Waals surface area contributed by atoms with Gasteiger partial charge in [0, 0.05) is 12.1 Å². The van der Waals surface area contributed by atoms with E-state index < -0.39 is 0 Å². The van der Waals surface area contributed by atoms with Gasteiger partial charge in [-0.05, 0) is 37.0 Å². The van der Waals surface area contributed by atoms with Gasteiger partial charge in [-0.2, -0.15) is 5.26 Å². The number of nitrogens with zero attached hydrogens (tertiary/aromatic N) is 1. The molecule has 1 aromatic carbocycles. The minimum atomic E-state index is -0.195. The predicted octanol–water partition coefficient (Wildman–Crippen LogP) is 2.33. The van der Waals surface area contributed by atoms with Crippen molar-refractivity contribution in [2.75, 3.05) is 5.32 Å². The molecule has 1 aliphatic heterocycles. The molecule has 1 aromatic rings. The third-order valence-corrected chi connectivity index (χ3v) is 3.25. The first-order chi connectivity index (χ1) is 7.63. The molecular weight excluding hydrogens is 200 g/mol. The zero-order valence-corrected chi connectivity index (χ0v) is 9.50. The fourth-order valence-electron chi connectivity index (χ4n) is 2.07. The normalized spacial score (nSPS) is 18.6. The van der Waals surface area contributed by atoms with Crippen LogP contribution in [0.4, 0.5) is 5.69 Å². The number of hydrogen-bond donors (Lipinski definition) is 1. The molecule has 1 N–H and O–H groups in total. The van der Waals surface area contributed by atoms with Gasteiger partial charge in [-0.1, -0.05) is 12.1 Å². The van der Waals surface area contributed by atoms with Crippen molar-refractivity contribution in [2.45, 2.75) is 26.7 Å². The average molecular weight is 214 g/mol. The summed E-state index contributed by atoms with van der Waals surface area (Å²) in [5.74, 6) is -0.220. The van der Waals surface area contributed by atoms with Gasteiger partial charge in [0.25, 0.3) is 0 Å². The molecule has 0 bridgehead atoms. The highest BCUT2D eigenvalue weighted by Crippen LogP contribution is 2.31. The summed E-state index contributed by atoms with van der Waals surface area (Å²) in [6, 6.07) is 6.17. The highest BCUT2D eigenvalue weighted by Gasteiger charge is 2.26. The number of benzene rings is 1. The minimum absolute atomic E-state index is 0.0252. The van der Waals surface area contributed by atoms with Gasteiger partial charge < -0.3 is 5.32 Å². The van der Waals surface area contributed by atoms with Crippen LogP contribution in [0.5, 0.6) is 0 Å². The molecule has 0 saturated heterocycles. The molecule has 82 valence electrons. The zero-order chi connectivity index (χ0) is 11.7. The van der Waals surface area contributed by atoms with Crippen LogP contribution >= 0.6 is 0 Å². The number of hydrogen-bond acceptors (Lipinski definition) is 2. The van der Waals surface area contributed by atoms with Crippen LogP contribution in [-0.2, 0) is 11.2 Å². The molecule has 1 amide bonds. The van der Waals surface area contributed by atoms with Crippen LogP contribution in [0.15, 0.2) is 12.1 Å². The molecule has 0 saturated carbocycles. The van der Waals surface area contributed by atoms with Gasteiger partial charge in [-0.25, -0.2) is 0 Å². The lowest BCUT2D eigenvalue weighted by molar-refractivity contribution is -0.120. The number of fused-ring (bicyclic) bond motifs is 1. The fraction of sp³-hybridized carbons (Fsp3) is 0.385. The Balaban J connectivity index is 2.39. The van der Waals surface area contributed by atoms with E-state index in [4.69, 9.17) is 5.26 Å². The van der Waals surface area contributed by atoms with Crippen LogP contribution in [0, 0.1) is 31.1 Å². The van der Waals surface area contributed by atoms with Crippen molar-refractivity contribution in [2.24, 2.45) is 5.92 Å². The molecule has 0 aliphatic carbocycles. The van der Waals surface area contributed by atoms with E-state index in [9.17, 15) is 4.79 Å². The number of carbonyl (C=O) groups is 1. The Morgan fingerprint density at radius 3 is 2.94 bits per heavy atom. The van der Waals surface area contributed by atoms with Crippen molar-refractivity contribution in [3.05, 3.63) is 28.8 Å². The number of nitriles is 1. The summed E-state index contributed by atoms with van der Waals surface area (Å²) in [6.07, 6.45) is 0.966. The van der Waals surface area contributed by atoms with E-state index in [2.05, 4.69) is 17.5 Å². The topological polar surface area (TPSA) is 52.9 Å². The monoisotopic (exact) mass is 214 g/mol. The average Bonchev–Trinajstić information content (AvgIpc) is 2.26. The van der Waals surface area contributed by atoms with Gasteiger partial charge >= 0.3 is 0 Å². The number of carbonyl (C=O) groups excluding carboxylic acids is 1. The highest BCUT2D eigenvalue weighted by molar-refractivity contribution is 5.96. The van der Waals surface area contributed by atoms with E-state index in [-0.39, 0.29) is 18.2 Å². The van der Waals surface area contributed by atoms with Gasteiger partial charge in [-0.15, -0.1) is 0 Å². The van der Waals surface area contributed by atoms with Crippen LogP contribution < -0.4 is 5.32 Å². The number of amides is 1. The lowest BCUT2D eigenvalue weighted by Crippen LogP contribution is -2.30. The molecule has 0 aromatic heterocycles. The summed E-state index contributed by atoms with van der Waals surface area (Å²) in [7, 11) is 0. The van der Waals surface area contributed by atoms with Gasteiger partial charge in [0.2, 0.25) is 5.91 Å². The minimum Gasteiger partial charge on any atom is -0.325 e. The maximum Gasteiger partial charge on any atom is 0.228 e. The van der Waals surface area contributed by atoms with Crippen LogP contribution in [0.2, 0.25) is 0 Å². The van der Waals surface area contributed by atoms with Crippen LogP contribution in [0.1, 0.15) is 23.1 Å². The molecule has 1 heterocycles.